The second-order valence-corrected chi connectivity index (χ2v) is 5.10. The number of likely N-dealkylation sites (N-methyl/N-ethyl adjacent to an activating group) is 1. The highest BCUT2D eigenvalue weighted by Gasteiger charge is 2.11. The van der Waals surface area contributed by atoms with Gasteiger partial charge in [-0.15, -0.1) is 0 Å². The van der Waals surface area contributed by atoms with Crippen molar-refractivity contribution in [1.82, 2.24) is 4.90 Å². The van der Waals surface area contributed by atoms with E-state index in [-0.39, 0.29) is 0 Å². The molecular weight excluding hydrogens is 208 g/mol. The lowest BCUT2D eigenvalue weighted by Crippen LogP contribution is -2.39. The molecule has 0 saturated carbocycles. The molecule has 1 atom stereocenters. The predicted octanol–water partition coefficient (Wildman–Crippen LogP) is 1.43. The first-order valence-corrected chi connectivity index (χ1v) is 6.88. The Bertz CT molecular complexity index is 136. The fourth-order valence-corrected chi connectivity index (χ4v) is 2.25. The molecule has 1 unspecified atom stereocenters. The summed E-state index contributed by atoms with van der Waals surface area (Å²) in [6, 6.07) is 0.529. The summed E-state index contributed by atoms with van der Waals surface area (Å²) < 4.78 is 5.04. The number of hydrogen-bond donors (Lipinski definition) is 1. The largest absolute Gasteiger partial charge is 0.385 e. The van der Waals surface area contributed by atoms with E-state index in [1.54, 1.807) is 7.11 Å². The lowest BCUT2D eigenvalue weighted by molar-refractivity contribution is 0.165. The number of thioether (sulfide) groups is 1. The summed E-state index contributed by atoms with van der Waals surface area (Å²) in [5, 5.41) is 0. The number of ether oxygens (including phenoxy) is 1. The van der Waals surface area contributed by atoms with Gasteiger partial charge in [-0.2, -0.15) is 11.8 Å². The monoisotopic (exact) mass is 234 g/mol. The van der Waals surface area contributed by atoms with Crippen molar-refractivity contribution in [3.63, 3.8) is 0 Å². The highest BCUT2D eigenvalue weighted by atomic mass is 32.2. The first kappa shape index (κ1) is 15.2. The maximum absolute atomic E-state index is 5.78. The molecule has 0 aromatic carbocycles. The number of nitrogens with two attached hydrogens (primary N) is 1. The van der Waals surface area contributed by atoms with Crippen LogP contribution in [0.25, 0.3) is 0 Å². The fraction of sp³-hybridized carbons (Fsp3) is 1.00. The third kappa shape index (κ3) is 8.08. The Morgan fingerprint density at radius 3 is 2.73 bits per heavy atom. The smallest absolute Gasteiger partial charge is 0.0474 e. The van der Waals surface area contributed by atoms with E-state index in [0.717, 1.165) is 26.1 Å². The van der Waals surface area contributed by atoms with E-state index in [1.165, 1.54) is 17.9 Å². The van der Waals surface area contributed by atoms with Gasteiger partial charge in [0.2, 0.25) is 0 Å². The van der Waals surface area contributed by atoms with E-state index < -0.39 is 0 Å². The van der Waals surface area contributed by atoms with Crippen molar-refractivity contribution in [2.75, 3.05) is 45.4 Å². The highest BCUT2D eigenvalue weighted by molar-refractivity contribution is 7.99. The average molecular weight is 234 g/mol. The van der Waals surface area contributed by atoms with Gasteiger partial charge in [-0.05, 0) is 31.4 Å². The first-order chi connectivity index (χ1) is 7.26. The molecule has 0 fully saturated rings. The van der Waals surface area contributed by atoms with Crippen LogP contribution in [-0.2, 0) is 4.74 Å². The Labute approximate surface area is 98.7 Å². The molecule has 0 bridgehead atoms. The standard InChI is InChI=1S/C11H26N2OS/c1-4-15-9-6-11(10-12)13(2)7-5-8-14-3/h11H,4-10,12H2,1-3H3. The highest BCUT2D eigenvalue weighted by Crippen LogP contribution is 2.08. The normalized spacial score (nSPS) is 13.4. The summed E-state index contributed by atoms with van der Waals surface area (Å²) in [7, 11) is 3.90. The summed E-state index contributed by atoms with van der Waals surface area (Å²) in [6.07, 6.45) is 2.28. The molecule has 0 heterocycles. The van der Waals surface area contributed by atoms with Gasteiger partial charge < -0.3 is 15.4 Å². The van der Waals surface area contributed by atoms with Gasteiger partial charge in [0.05, 0.1) is 0 Å². The van der Waals surface area contributed by atoms with E-state index in [0.29, 0.717) is 6.04 Å². The van der Waals surface area contributed by atoms with Crippen LogP contribution in [0.3, 0.4) is 0 Å². The van der Waals surface area contributed by atoms with Crippen molar-refractivity contribution in [2.24, 2.45) is 5.73 Å². The van der Waals surface area contributed by atoms with Gasteiger partial charge in [-0.25, -0.2) is 0 Å². The SMILES string of the molecule is CCSCCC(CN)N(C)CCCOC. The Morgan fingerprint density at radius 1 is 1.47 bits per heavy atom. The molecule has 0 aliphatic rings. The number of hydrogen-bond acceptors (Lipinski definition) is 4. The molecule has 0 aliphatic carbocycles. The van der Waals surface area contributed by atoms with Gasteiger partial charge in [0.1, 0.15) is 0 Å². The van der Waals surface area contributed by atoms with Crippen LogP contribution in [0.5, 0.6) is 0 Å². The van der Waals surface area contributed by atoms with Crippen molar-refractivity contribution in [3.05, 3.63) is 0 Å². The van der Waals surface area contributed by atoms with E-state index in [9.17, 15) is 0 Å². The maximum atomic E-state index is 5.78. The molecule has 0 saturated heterocycles. The van der Waals surface area contributed by atoms with Gasteiger partial charge in [-0.3, -0.25) is 0 Å². The quantitative estimate of drug-likeness (QED) is 0.580. The van der Waals surface area contributed by atoms with Crippen molar-refractivity contribution in [3.8, 4) is 0 Å². The van der Waals surface area contributed by atoms with Crippen LogP contribution in [0.4, 0.5) is 0 Å². The van der Waals surface area contributed by atoms with Crippen LogP contribution in [0, 0.1) is 0 Å². The molecule has 0 amide bonds. The van der Waals surface area contributed by atoms with Crippen molar-refractivity contribution in [1.29, 1.82) is 0 Å². The molecule has 0 aliphatic heterocycles. The molecule has 15 heavy (non-hydrogen) atoms. The fourth-order valence-electron chi connectivity index (χ4n) is 1.52. The predicted molar refractivity (Wildman–Crippen MR) is 69.6 cm³/mol. The van der Waals surface area contributed by atoms with Crippen LogP contribution in [0.2, 0.25) is 0 Å². The number of methoxy groups -OCH3 is 1. The van der Waals surface area contributed by atoms with Crippen LogP contribution >= 0.6 is 11.8 Å². The minimum atomic E-state index is 0.529. The Morgan fingerprint density at radius 2 is 2.20 bits per heavy atom. The molecule has 0 spiro atoms. The summed E-state index contributed by atoms with van der Waals surface area (Å²) in [5.74, 6) is 2.41. The average Bonchev–Trinajstić information content (AvgIpc) is 2.24. The van der Waals surface area contributed by atoms with E-state index in [2.05, 4.69) is 18.9 Å². The van der Waals surface area contributed by atoms with Gasteiger partial charge in [0, 0.05) is 32.8 Å². The van der Waals surface area contributed by atoms with Crippen LogP contribution in [0.1, 0.15) is 19.8 Å². The van der Waals surface area contributed by atoms with Gasteiger partial charge in [-0.1, -0.05) is 6.92 Å². The molecule has 0 aromatic heterocycles. The summed E-state index contributed by atoms with van der Waals surface area (Å²) in [5.41, 5.74) is 5.78. The Hall–Kier alpha value is 0.230. The van der Waals surface area contributed by atoms with Gasteiger partial charge in [0.15, 0.2) is 0 Å². The van der Waals surface area contributed by atoms with E-state index in [1.807, 2.05) is 11.8 Å². The summed E-state index contributed by atoms with van der Waals surface area (Å²) in [4.78, 5) is 2.36. The zero-order valence-corrected chi connectivity index (χ0v) is 11.2. The van der Waals surface area contributed by atoms with E-state index >= 15 is 0 Å². The van der Waals surface area contributed by atoms with Crippen molar-refractivity contribution >= 4 is 11.8 Å². The lowest BCUT2D eigenvalue weighted by atomic mass is 10.2. The maximum Gasteiger partial charge on any atom is 0.0474 e. The van der Waals surface area contributed by atoms with Crippen LogP contribution in [0.15, 0.2) is 0 Å². The van der Waals surface area contributed by atoms with Crippen molar-refractivity contribution in [2.45, 2.75) is 25.8 Å². The van der Waals surface area contributed by atoms with E-state index in [4.69, 9.17) is 10.5 Å². The Balaban J connectivity index is 3.62. The molecule has 0 aromatic rings. The third-order valence-electron chi connectivity index (χ3n) is 2.55. The second-order valence-electron chi connectivity index (χ2n) is 3.70. The van der Waals surface area contributed by atoms with Crippen molar-refractivity contribution < 1.29 is 4.74 Å². The Kier molecular flexibility index (Phi) is 10.9. The molecule has 2 N–H and O–H groups in total. The first-order valence-electron chi connectivity index (χ1n) is 5.73. The lowest BCUT2D eigenvalue weighted by Gasteiger charge is -2.26. The number of nitrogens with zero attached hydrogens (tertiary/aromatic N) is 1. The number of rotatable bonds is 10. The minimum absolute atomic E-state index is 0.529. The summed E-state index contributed by atoms with van der Waals surface area (Å²) >= 11 is 1.99. The van der Waals surface area contributed by atoms with Crippen LogP contribution in [-0.4, -0.2) is 56.3 Å². The molecule has 4 heteroatoms. The van der Waals surface area contributed by atoms with Crippen LogP contribution < -0.4 is 5.73 Å². The minimum Gasteiger partial charge on any atom is -0.385 e. The zero-order valence-electron chi connectivity index (χ0n) is 10.4. The van der Waals surface area contributed by atoms with Gasteiger partial charge >= 0.3 is 0 Å². The molecule has 0 radical (unpaired) electrons. The topological polar surface area (TPSA) is 38.5 Å². The molecule has 0 rings (SSSR count). The molecular formula is C11H26N2OS. The second kappa shape index (κ2) is 10.7. The summed E-state index contributed by atoms with van der Waals surface area (Å²) in [6.45, 7) is 4.87. The molecule has 3 nitrogen and oxygen atoms in total. The third-order valence-corrected chi connectivity index (χ3v) is 3.49. The zero-order chi connectivity index (χ0) is 11.5. The van der Waals surface area contributed by atoms with Gasteiger partial charge in [0.25, 0.3) is 0 Å². The molecule has 92 valence electrons.